The fraction of sp³-hybridized carbons (Fsp3) is 1.00. The van der Waals surface area contributed by atoms with Crippen molar-refractivity contribution in [3.63, 3.8) is 0 Å². The second kappa shape index (κ2) is 6.72. The quantitative estimate of drug-likeness (QED) is 0.797. The van der Waals surface area contributed by atoms with Crippen LogP contribution in [0.3, 0.4) is 0 Å². The molecule has 0 aliphatic carbocycles. The van der Waals surface area contributed by atoms with Crippen molar-refractivity contribution in [1.82, 2.24) is 15.1 Å². The molecule has 2 aliphatic heterocycles. The van der Waals surface area contributed by atoms with E-state index in [1.54, 1.807) is 0 Å². The number of nitrogens with one attached hydrogen (secondary N) is 1. The molecule has 0 atom stereocenters. The molecule has 0 aromatic rings. The molecule has 2 rings (SSSR count). The molecule has 0 amide bonds. The molecule has 3 heteroatoms. The van der Waals surface area contributed by atoms with Gasteiger partial charge in [-0.05, 0) is 77.8 Å². The van der Waals surface area contributed by atoms with Gasteiger partial charge >= 0.3 is 0 Å². The Morgan fingerprint density at radius 1 is 1.00 bits per heavy atom. The molecule has 0 bridgehead atoms. The first-order chi connectivity index (χ1) is 8.24. The van der Waals surface area contributed by atoms with Gasteiger partial charge in [-0.25, -0.2) is 0 Å². The fourth-order valence-corrected chi connectivity index (χ4v) is 3.27. The standard InChI is InChI=1S/C14H29N3/c1-16-9-5-14(6-10-16)12-17(2)11-13-3-7-15-8-4-13/h13-15H,3-12H2,1-2H3. The summed E-state index contributed by atoms with van der Waals surface area (Å²) < 4.78 is 0. The summed E-state index contributed by atoms with van der Waals surface area (Å²) >= 11 is 0. The molecule has 100 valence electrons. The molecule has 1 N–H and O–H groups in total. The van der Waals surface area contributed by atoms with E-state index in [0.717, 1.165) is 11.8 Å². The fourth-order valence-electron chi connectivity index (χ4n) is 3.27. The number of hydrogen-bond acceptors (Lipinski definition) is 3. The van der Waals surface area contributed by atoms with Gasteiger partial charge < -0.3 is 15.1 Å². The minimum absolute atomic E-state index is 0.938. The molecular weight excluding hydrogens is 210 g/mol. The predicted octanol–water partition coefficient (Wildman–Crippen LogP) is 1.26. The second-order valence-corrected chi connectivity index (χ2v) is 6.16. The molecule has 0 saturated carbocycles. The van der Waals surface area contributed by atoms with Crippen molar-refractivity contribution in [2.24, 2.45) is 11.8 Å². The Morgan fingerprint density at radius 2 is 1.53 bits per heavy atom. The largest absolute Gasteiger partial charge is 0.317 e. The highest BCUT2D eigenvalue weighted by atomic mass is 15.1. The van der Waals surface area contributed by atoms with Gasteiger partial charge in [-0.3, -0.25) is 0 Å². The number of hydrogen-bond donors (Lipinski definition) is 1. The van der Waals surface area contributed by atoms with Crippen molar-refractivity contribution in [3.05, 3.63) is 0 Å². The van der Waals surface area contributed by atoms with Gasteiger partial charge in [0.15, 0.2) is 0 Å². The summed E-state index contributed by atoms with van der Waals surface area (Å²) in [5.74, 6) is 1.88. The molecular formula is C14H29N3. The van der Waals surface area contributed by atoms with Crippen LogP contribution in [0, 0.1) is 11.8 Å². The van der Waals surface area contributed by atoms with Crippen molar-refractivity contribution < 1.29 is 0 Å². The van der Waals surface area contributed by atoms with Crippen LogP contribution in [0.5, 0.6) is 0 Å². The van der Waals surface area contributed by atoms with Crippen molar-refractivity contribution >= 4 is 0 Å². The van der Waals surface area contributed by atoms with Gasteiger partial charge in [0.1, 0.15) is 0 Å². The maximum absolute atomic E-state index is 3.45. The van der Waals surface area contributed by atoms with Crippen molar-refractivity contribution in [1.29, 1.82) is 0 Å². The Bertz CT molecular complexity index is 206. The van der Waals surface area contributed by atoms with Gasteiger partial charge in [-0.2, -0.15) is 0 Å². The number of piperidine rings is 2. The summed E-state index contributed by atoms with van der Waals surface area (Å²) in [6, 6.07) is 0. The monoisotopic (exact) mass is 239 g/mol. The zero-order chi connectivity index (χ0) is 12.1. The smallest absolute Gasteiger partial charge is 0.000767 e. The van der Waals surface area contributed by atoms with Crippen LogP contribution in [0.25, 0.3) is 0 Å². The lowest BCUT2D eigenvalue weighted by molar-refractivity contribution is 0.158. The van der Waals surface area contributed by atoms with E-state index in [2.05, 4.69) is 29.2 Å². The van der Waals surface area contributed by atoms with Crippen LogP contribution in [-0.4, -0.2) is 63.2 Å². The van der Waals surface area contributed by atoms with Gasteiger partial charge in [0, 0.05) is 13.1 Å². The van der Waals surface area contributed by atoms with Crippen LogP contribution in [0.2, 0.25) is 0 Å². The zero-order valence-corrected chi connectivity index (χ0v) is 11.6. The van der Waals surface area contributed by atoms with Crippen molar-refractivity contribution in [2.45, 2.75) is 25.7 Å². The maximum atomic E-state index is 3.45. The van der Waals surface area contributed by atoms with Gasteiger partial charge in [0.25, 0.3) is 0 Å². The van der Waals surface area contributed by atoms with Gasteiger partial charge in [0.2, 0.25) is 0 Å². The van der Waals surface area contributed by atoms with Gasteiger partial charge in [0.05, 0.1) is 0 Å². The van der Waals surface area contributed by atoms with Crippen LogP contribution in [0.15, 0.2) is 0 Å². The van der Waals surface area contributed by atoms with E-state index in [-0.39, 0.29) is 0 Å². The lowest BCUT2D eigenvalue weighted by atomic mass is 9.94. The summed E-state index contributed by atoms with van der Waals surface area (Å²) in [5.41, 5.74) is 0. The molecule has 2 heterocycles. The minimum atomic E-state index is 0.938. The SMILES string of the molecule is CN1CCC(CN(C)CC2CCNCC2)CC1. The number of nitrogens with zero attached hydrogens (tertiary/aromatic N) is 2. The van der Waals surface area contributed by atoms with Crippen LogP contribution in [-0.2, 0) is 0 Å². The van der Waals surface area contributed by atoms with Crippen LogP contribution >= 0.6 is 0 Å². The highest BCUT2D eigenvalue weighted by molar-refractivity contribution is 4.75. The third-order valence-electron chi connectivity index (χ3n) is 4.44. The zero-order valence-electron chi connectivity index (χ0n) is 11.6. The molecule has 0 unspecified atom stereocenters. The molecule has 3 nitrogen and oxygen atoms in total. The molecule has 0 aromatic carbocycles. The normalized spacial score (nSPS) is 25.6. The molecule has 0 radical (unpaired) electrons. The molecule has 2 saturated heterocycles. The lowest BCUT2D eigenvalue weighted by Gasteiger charge is -2.33. The predicted molar refractivity (Wildman–Crippen MR) is 73.3 cm³/mol. The van der Waals surface area contributed by atoms with Crippen molar-refractivity contribution in [3.8, 4) is 0 Å². The van der Waals surface area contributed by atoms with E-state index in [9.17, 15) is 0 Å². The third kappa shape index (κ3) is 4.57. The van der Waals surface area contributed by atoms with E-state index >= 15 is 0 Å². The summed E-state index contributed by atoms with van der Waals surface area (Å²) in [4.78, 5) is 5.05. The maximum Gasteiger partial charge on any atom is 0.000767 e. The van der Waals surface area contributed by atoms with Gasteiger partial charge in [-0.15, -0.1) is 0 Å². The lowest BCUT2D eigenvalue weighted by Crippen LogP contribution is -2.39. The third-order valence-corrected chi connectivity index (χ3v) is 4.44. The Balaban J connectivity index is 1.64. The average molecular weight is 239 g/mol. The summed E-state index contributed by atoms with van der Waals surface area (Å²) in [5, 5.41) is 3.45. The first-order valence-electron chi connectivity index (χ1n) is 7.32. The molecule has 0 aromatic heterocycles. The Labute approximate surface area is 107 Å². The Kier molecular flexibility index (Phi) is 5.26. The molecule has 0 spiro atoms. The van der Waals surface area contributed by atoms with E-state index in [4.69, 9.17) is 0 Å². The average Bonchev–Trinajstić information content (AvgIpc) is 2.33. The molecule has 2 fully saturated rings. The van der Waals surface area contributed by atoms with Crippen molar-refractivity contribution in [2.75, 3.05) is 53.4 Å². The molecule has 2 aliphatic rings. The summed E-state index contributed by atoms with van der Waals surface area (Å²) in [6.45, 7) is 7.68. The van der Waals surface area contributed by atoms with E-state index in [0.29, 0.717) is 0 Å². The van der Waals surface area contributed by atoms with Crippen LogP contribution in [0.1, 0.15) is 25.7 Å². The highest BCUT2D eigenvalue weighted by Crippen LogP contribution is 2.19. The first-order valence-corrected chi connectivity index (χ1v) is 7.32. The highest BCUT2D eigenvalue weighted by Gasteiger charge is 2.20. The second-order valence-electron chi connectivity index (χ2n) is 6.16. The minimum Gasteiger partial charge on any atom is -0.317 e. The number of rotatable bonds is 4. The summed E-state index contributed by atoms with van der Waals surface area (Å²) in [7, 11) is 4.56. The van der Waals surface area contributed by atoms with Gasteiger partial charge in [-0.1, -0.05) is 0 Å². The topological polar surface area (TPSA) is 18.5 Å². The van der Waals surface area contributed by atoms with E-state index in [1.165, 1.54) is 65.0 Å². The first kappa shape index (κ1) is 13.3. The van der Waals surface area contributed by atoms with E-state index in [1.807, 2.05) is 0 Å². The number of likely N-dealkylation sites (tertiary alicyclic amines) is 1. The molecule has 17 heavy (non-hydrogen) atoms. The Morgan fingerprint density at radius 3 is 2.12 bits per heavy atom. The Hall–Kier alpha value is -0.120. The van der Waals surface area contributed by atoms with Crippen LogP contribution < -0.4 is 5.32 Å². The summed E-state index contributed by atoms with van der Waals surface area (Å²) in [6.07, 6.45) is 5.54. The van der Waals surface area contributed by atoms with Crippen LogP contribution in [0.4, 0.5) is 0 Å². The van der Waals surface area contributed by atoms with E-state index < -0.39 is 0 Å².